The molecule has 1 saturated heterocycles. The van der Waals surface area contributed by atoms with Gasteiger partial charge in [0, 0.05) is 31.5 Å². The molecule has 11 heavy (non-hydrogen) atoms. The molecule has 0 amide bonds. The van der Waals surface area contributed by atoms with Crippen molar-refractivity contribution in [2.45, 2.75) is 12.8 Å². The number of aromatic nitrogens is 2. The van der Waals surface area contributed by atoms with Gasteiger partial charge >= 0.3 is 0 Å². The van der Waals surface area contributed by atoms with Gasteiger partial charge in [-0.15, -0.1) is 0 Å². The van der Waals surface area contributed by atoms with Gasteiger partial charge in [0.1, 0.15) is 0 Å². The van der Waals surface area contributed by atoms with Crippen LogP contribution in [-0.4, -0.2) is 23.1 Å². The third kappa shape index (κ3) is 1.31. The van der Waals surface area contributed by atoms with Crippen LogP contribution in [0.2, 0.25) is 0 Å². The number of hydrogen-bond donors (Lipinski definition) is 0. The average molecular weight is 148 g/mol. The molecule has 2 rings (SSSR count). The Labute approximate surface area is 66.1 Å². The monoisotopic (exact) mass is 148 g/mol. The van der Waals surface area contributed by atoms with E-state index < -0.39 is 0 Å². The molecule has 1 aliphatic rings. The van der Waals surface area contributed by atoms with Gasteiger partial charge in [0.15, 0.2) is 0 Å². The minimum Gasteiger partial charge on any atom is -0.341 e. The molecular weight excluding hydrogens is 138 g/mol. The smallest absolute Gasteiger partial charge is 0.225 e. The lowest BCUT2D eigenvalue weighted by molar-refractivity contribution is 0.897. The van der Waals surface area contributed by atoms with E-state index in [9.17, 15) is 0 Å². The van der Waals surface area contributed by atoms with E-state index >= 15 is 0 Å². The molecule has 1 fully saturated rings. The Morgan fingerprint density at radius 2 is 1.82 bits per heavy atom. The predicted octanol–water partition coefficient (Wildman–Crippen LogP) is 0.877. The molecule has 1 aromatic heterocycles. The summed E-state index contributed by atoms with van der Waals surface area (Å²) in [5.41, 5.74) is 0. The van der Waals surface area contributed by atoms with Crippen LogP contribution in [0.1, 0.15) is 12.8 Å². The zero-order valence-electron chi connectivity index (χ0n) is 6.32. The normalized spacial score (nSPS) is 17.3. The van der Waals surface area contributed by atoms with Gasteiger partial charge in [0.05, 0.1) is 0 Å². The van der Waals surface area contributed by atoms with Gasteiger partial charge in [-0.25, -0.2) is 9.97 Å². The van der Waals surface area contributed by atoms with Gasteiger partial charge in [-0.3, -0.25) is 0 Å². The fourth-order valence-corrected chi connectivity index (χ4v) is 1.34. The highest BCUT2D eigenvalue weighted by Gasteiger charge is 2.13. The molecule has 0 aromatic carbocycles. The third-order valence-electron chi connectivity index (χ3n) is 1.90. The second-order valence-electron chi connectivity index (χ2n) is 2.68. The van der Waals surface area contributed by atoms with E-state index in [0.717, 1.165) is 19.0 Å². The Bertz CT molecular complexity index is 216. The molecule has 1 aliphatic heterocycles. The first-order valence-corrected chi connectivity index (χ1v) is 3.90. The highest BCUT2D eigenvalue weighted by atomic mass is 15.3. The summed E-state index contributed by atoms with van der Waals surface area (Å²) >= 11 is 0. The summed E-state index contributed by atoms with van der Waals surface area (Å²) in [6, 6.07) is 2.81. The Morgan fingerprint density at radius 1 is 1.18 bits per heavy atom. The van der Waals surface area contributed by atoms with Crippen molar-refractivity contribution in [3.8, 4) is 0 Å². The zero-order valence-corrected chi connectivity index (χ0v) is 6.32. The molecule has 0 N–H and O–H groups in total. The van der Waals surface area contributed by atoms with Crippen molar-refractivity contribution >= 4 is 5.95 Å². The van der Waals surface area contributed by atoms with Crippen LogP contribution in [0.4, 0.5) is 5.95 Å². The Hall–Kier alpha value is -1.12. The molecule has 0 aliphatic carbocycles. The summed E-state index contributed by atoms with van der Waals surface area (Å²) in [5.74, 6) is 0.848. The standard InChI is InChI=1S/C8H10N3/c1-2-7-11(6-1)8-9-4-3-5-10-8/h4-5H,1-2,6-7H2. The highest BCUT2D eigenvalue weighted by Crippen LogP contribution is 2.13. The number of hydrogen-bond acceptors (Lipinski definition) is 3. The topological polar surface area (TPSA) is 29.0 Å². The molecule has 57 valence electrons. The van der Waals surface area contributed by atoms with E-state index in [1.54, 1.807) is 12.4 Å². The predicted molar refractivity (Wildman–Crippen MR) is 42.3 cm³/mol. The molecular formula is C8H10N3. The summed E-state index contributed by atoms with van der Waals surface area (Å²) in [5, 5.41) is 0. The maximum absolute atomic E-state index is 4.12. The largest absolute Gasteiger partial charge is 0.341 e. The van der Waals surface area contributed by atoms with Gasteiger partial charge < -0.3 is 4.90 Å². The van der Waals surface area contributed by atoms with Crippen molar-refractivity contribution < 1.29 is 0 Å². The van der Waals surface area contributed by atoms with Gasteiger partial charge in [-0.1, -0.05) is 0 Å². The summed E-state index contributed by atoms with van der Waals surface area (Å²) < 4.78 is 0. The fourth-order valence-electron chi connectivity index (χ4n) is 1.34. The first-order valence-electron chi connectivity index (χ1n) is 3.90. The highest BCUT2D eigenvalue weighted by molar-refractivity contribution is 5.29. The minimum absolute atomic E-state index is 0.848. The molecule has 3 heteroatoms. The maximum atomic E-state index is 4.12. The van der Waals surface area contributed by atoms with Crippen LogP contribution in [0.3, 0.4) is 0 Å². The van der Waals surface area contributed by atoms with E-state index in [-0.39, 0.29) is 0 Å². The SMILES string of the molecule is [c]1cnc(N2CCCC2)nc1. The Kier molecular flexibility index (Phi) is 1.71. The Balaban J connectivity index is 2.16. The van der Waals surface area contributed by atoms with Crippen molar-refractivity contribution in [2.24, 2.45) is 0 Å². The van der Waals surface area contributed by atoms with Crippen LogP contribution in [0.25, 0.3) is 0 Å². The summed E-state index contributed by atoms with van der Waals surface area (Å²) in [7, 11) is 0. The van der Waals surface area contributed by atoms with E-state index in [1.165, 1.54) is 12.8 Å². The molecule has 0 atom stereocenters. The third-order valence-corrected chi connectivity index (χ3v) is 1.90. The first kappa shape index (κ1) is 6.58. The molecule has 0 spiro atoms. The zero-order chi connectivity index (χ0) is 7.52. The van der Waals surface area contributed by atoms with Crippen molar-refractivity contribution in [1.29, 1.82) is 0 Å². The van der Waals surface area contributed by atoms with Crippen molar-refractivity contribution in [1.82, 2.24) is 9.97 Å². The van der Waals surface area contributed by atoms with Crippen LogP contribution in [0.5, 0.6) is 0 Å². The van der Waals surface area contributed by atoms with E-state index in [4.69, 9.17) is 0 Å². The van der Waals surface area contributed by atoms with Crippen molar-refractivity contribution in [3.63, 3.8) is 0 Å². The van der Waals surface area contributed by atoms with Crippen molar-refractivity contribution in [2.75, 3.05) is 18.0 Å². The molecule has 2 heterocycles. The second-order valence-corrected chi connectivity index (χ2v) is 2.68. The first-order chi connectivity index (χ1) is 5.47. The molecule has 0 unspecified atom stereocenters. The molecule has 1 radical (unpaired) electrons. The Morgan fingerprint density at radius 3 is 2.45 bits per heavy atom. The van der Waals surface area contributed by atoms with Gasteiger partial charge in [0.2, 0.25) is 5.95 Å². The van der Waals surface area contributed by atoms with Crippen LogP contribution in [-0.2, 0) is 0 Å². The van der Waals surface area contributed by atoms with Gasteiger partial charge in [-0.2, -0.15) is 0 Å². The van der Waals surface area contributed by atoms with E-state index in [1.807, 2.05) is 0 Å². The fraction of sp³-hybridized carbons (Fsp3) is 0.500. The number of anilines is 1. The lowest BCUT2D eigenvalue weighted by Gasteiger charge is -2.13. The summed E-state index contributed by atoms with van der Waals surface area (Å²) in [6.07, 6.45) is 5.87. The number of rotatable bonds is 1. The van der Waals surface area contributed by atoms with Crippen LogP contribution in [0.15, 0.2) is 12.4 Å². The van der Waals surface area contributed by atoms with Crippen LogP contribution >= 0.6 is 0 Å². The summed E-state index contributed by atoms with van der Waals surface area (Å²) in [4.78, 5) is 10.4. The lowest BCUT2D eigenvalue weighted by atomic mass is 10.4. The molecule has 0 bridgehead atoms. The van der Waals surface area contributed by atoms with Crippen LogP contribution < -0.4 is 4.90 Å². The second kappa shape index (κ2) is 2.86. The number of nitrogens with zero attached hydrogens (tertiary/aromatic N) is 3. The van der Waals surface area contributed by atoms with E-state index in [2.05, 4.69) is 20.9 Å². The maximum Gasteiger partial charge on any atom is 0.225 e. The van der Waals surface area contributed by atoms with Crippen molar-refractivity contribution in [3.05, 3.63) is 18.5 Å². The lowest BCUT2D eigenvalue weighted by Crippen LogP contribution is -2.19. The average Bonchev–Trinajstić information content (AvgIpc) is 2.58. The molecule has 1 aromatic rings. The van der Waals surface area contributed by atoms with Gasteiger partial charge in [-0.05, 0) is 12.8 Å². The van der Waals surface area contributed by atoms with Gasteiger partial charge in [0.25, 0.3) is 0 Å². The van der Waals surface area contributed by atoms with Crippen LogP contribution in [0, 0.1) is 6.07 Å². The summed E-state index contributed by atoms with van der Waals surface area (Å²) in [6.45, 7) is 2.20. The minimum atomic E-state index is 0.848. The van der Waals surface area contributed by atoms with E-state index in [0.29, 0.717) is 0 Å². The molecule has 3 nitrogen and oxygen atoms in total. The quantitative estimate of drug-likeness (QED) is 0.592. The molecule has 0 saturated carbocycles.